The topological polar surface area (TPSA) is 24.7 Å². The van der Waals surface area contributed by atoms with Crippen molar-refractivity contribution in [2.24, 2.45) is 9.98 Å². The minimum Gasteiger partial charge on any atom is -0.252 e. The first-order valence-electron chi connectivity index (χ1n) is 29.5. The van der Waals surface area contributed by atoms with E-state index in [2.05, 4.69) is 76.2 Å². The van der Waals surface area contributed by atoms with Gasteiger partial charge in [-0.1, -0.05) is 290 Å². The van der Waals surface area contributed by atoms with E-state index >= 15 is 0 Å². The Bertz CT molecular complexity index is 1340. The van der Waals surface area contributed by atoms with E-state index < -0.39 is 0 Å². The maximum Gasteiger partial charge on any atom is 0.0633 e. The molecule has 2 rings (SSSR count). The Balaban J connectivity index is 0.0000218. The van der Waals surface area contributed by atoms with Crippen molar-refractivity contribution in [2.75, 3.05) is 0 Å². The molecule has 0 aliphatic carbocycles. The summed E-state index contributed by atoms with van der Waals surface area (Å²) in [5.41, 5.74) is 7.55. The fourth-order valence-corrected chi connectivity index (χ4v) is 9.69. The van der Waals surface area contributed by atoms with Gasteiger partial charge in [0.05, 0.1) is 22.8 Å². The Morgan fingerprint density at radius 2 is 0.455 bits per heavy atom. The van der Waals surface area contributed by atoms with Gasteiger partial charge in [-0.3, -0.25) is 9.98 Å². The predicted molar refractivity (Wildman–Crippen MR) is 296 cm³/mol. The van der Waals surface area contributed by atoms with E-state index in [1.54, 1.807) is 0 Å². The quantitative estimate of drug-likeness (QED) is 0.0359. The predicted octanol–water partition coefficient (Wildman–Crippen LogP) is 22.5. The SMILES string of the molecule is CCCCCCCCCCCCCCCCCCc1ccc(N=C(CCCCC)C(CCCCCCCC)=Nc2ccc(CCCCCCCCCCCCCCCCCC)cc2)cc1.[Pd]. The van der Waals surface area contributed by atoms with Crippen LogP contribution in [0.1, 0.15) is 315 Å². The van der Waals surface area contributed by atoms with Crippen molar-refractivity contribution in [1.82, 2.24) is 0 Å². The van der Waals surface area contributed by atoms with E-state index in [9.17, 15) is 0 Å². The van der Waals surface area contributed by atoms with Crippen LogP contribution in [0, 0.1) is 0 Å². The number of rotatable bonds is 48. The molecular formula is C63H110N2Pd. The van der Waals surface area contributed by atoms with Crippen LogP contribution in [0.25, 0.3) is 0 Å². The van der Waals surface area contributed by atoms with Crippen LogP contribution >= 0.6 is 0 Å². The third kappa shape index (κ3) is 37.4. The van der Waals surface area contributed by atoms with E-state index in [0.717, 1.165) is 24.2 Å². The van der Waals surface area contributed by atoms with Crippen molar-refractivity contribution in [2.45, 2.75) is 317 Å². The van der Waals surface area contributed by atoms with Crippen molar-refractivity contribution in [3.63, 3.8) is 0 Å². The number of hydrogen-bond donors (Lipinski definition) is 0. The Labute approximate surface area is 427 Å². The number of nitrogens with zero attached hydrogens (tertiary/aromatic N) is 2. The molecule has 0 radical (unpaired) electrons. The Morgan fingerprint density at radius 3 is 0.712 bits per heavy atom. The van der Waals surface area contributed by atoms with Gasteiger partial charge in [0.25, 0.3) is 0 Å². The van der Waals surface area contributed by atoms with Crippen LogP contribution < -0.4 is 0 Å². The normalized spacial score (nSPS) is 12.0. The Kier molecular flexibility index (Phi) is 45.9. The van der Waals surface area contributed by atoms with Crippen molar-refractivity contribution in [1.29, 1.82) is 0 Å². The second-order valence-corrected chi connectivity index (χ2v) is 20.5. The summed E-state index contributed by atoms with van der Waals surface area (Å²) >= 11 is 0. The van der Waals surface area contributed by atoms with Crippen LogP contribution in [0.3, 0.4) is 0 Å². The first kappa shape index (κ1) is 62.5. The van der Waals surface area contributed by atoms with Gasteiger partial charge >= 0.3 is 0 Å². The molecule has 0 aliphatic heterocycles. The summed E-state index contributed by atoms with van der Waals surface area (Å²) in [7, 11) is 0. The summed E-state index contributed by atoms with van der Waals surface area (Å²) in [6.07, 6.45) is 61.4. The molecule has 0 heterocycles. The molecule has 2 nitrogen and oxygen atoms in total. The molecule has 0 amide bonds. The number of unbranched alkanes of at least 4 members (excludes halogenated alkanes) is 37. The molecule has 0 atom stereocenters. The fourth-order valence-electron chi connectivity index (χ4n) is 9.69. The summed E-state index contributed by atoms with van der Waals surface area (Å²) in [6, 6.07) is 18.5. The molecule has 0 N–H and O–H groups in total. The third-order valence-corrected chi connectivity index (χ3v) is 14.2. The molecule has 0 aromatic heterocycles. The van der Waals surface area contributed by atoms with Crippen LogP contribution in [-0.4, -0.2) is 11.4 Å². The maximum absolute atomic E-state index is 5.40. The van der Waals surface area contributed by atoms with Gasteiger partial charge in [0.15, 0.2) is 0 Å². The molecule has 0 spiro atoms. The molecular weight excluding hydrogens is 891 g/mol. The summed E-state index contributed by atoms with van der Waals surface area (Å²) < 4.78 is 0. The number of hydrogen-bond acceptors (Lipinski definition) is 2. The first-order chi connectivity index (χ1) is 32.2. The van der Waals surface area contributed by atoms with E-state index in [1.807, 2.05) is 0 Å². The van der Waals surface area contributed by atoms with Gasteiger partial charge in [-0.25, -0.2) is 0 Å². The second-order valence-electron chi connectivity index (χ2n) is 20.5. The molecule has 382 valence electrons. The second kappa shape index (κ2) is 48.5. The van der Waals surface area contributed by atoms with Gasteiger partial charge in [-0.05, 0) is 86.8 Å². The van der Waals surface area contributed by atoms with E-state index in [0.29, 0.717) is 0 Å². The molecule has 0 fully saturated rings. The number of aryl methyl sites for hydroxylation is 2. The van der Waals surface area contributed by atoms with Crippen molar-refractivity contribution in [3.05, 3.63) is 59.7 Å². The first-order valence-corrected chi connectivity index (χ1v) is 29.5. The third-order valence-electron chi connectivity index (χ3n) is 14.2. The smallest absolute Gasteiger partial charge is 0.0633 e. The van der Waals surface area contributed by atoms with E-state index in [1.165, 1.54) is 299 Å². The molecule has 66 heavy (non-hydrogen) atoms. The van der Waals surface area contributed by atoms with E-state index in [4.69, 9.17) is 9.98 Å². The van der Waals surface area contributed by atoms with Gasteiger partial charge < -0.3 is 0 Å². The van der Waals surface area contributed by atoms with Crippen LogP contribution in [0.15, 0.2) is 58.5 Å². The van der Waals surface area contributed by atoms with Gasteiger partial charge in [0.1, 0.15) is 0 Å². The zero-order valence-corrected chi connectivity index (χ0v) is 46.2. The molecule has 0 unspecified atom stereocenters. The van der Waals surface area contributed by atoms with Crippen molar-refractivity contribution >= 4 is 22.8 Å². The monoisotopic (exact) mass is 1000 g/mol. The van der Waals surface area contributed by atoms with Gasteiger partial charge in [-0.2, -0.15) is 0 Å². The standard InChI is InChI=1S/C63H110N2.Pd/c1-5-9-13-16-19-21-23-25-27-29-31-33-35-37-39-43-46-58-50-54-60(55-51-58)64-62(48-42-12-8-4)63(49-45-41-18-15-11-7-3)65-61-56-52-59(53-57-61)47-44-40-38-36-34-32-30-28-26-24-22-20-17-14-10-6-2;/h50-57H,5-49H2,1-4H3;. The molecule has 3 heteroatoms. The largest absolute Gasteiger partial charge is 0.252 e. The summed E-state index contributed by atoms with van der Waals surface area (Å²) in [6.45, 7) is 9.23. The molecule has 2 aromatic carbocycles. The maximum atomic E-state index is 5.40. The fraction of sp³-hybridized carbons (Fsp3) is 0.778. The molecule has 0 saturated carbocycles. The van der Waals surface area contributed by atoms with Crippen LogP contribution in [0.2, 0.25) is 0 Å². The summed E-state index contributed by atoms with van der Waals surface area (Å²) in [5, 5.41) is 0. The Morgan fingerprint density at radius 1 is 0.258 bits per heavy atom. The summed E-state index contributed by atoms with van der Waals surface area (Å²) in [5.74, 6) is 0. The summed E-state index contributed by atoms with van der Waals surface area (Å²) in [4.78, 5) is 10.8. The van der Waals surface area contributed by atoms with Crippen LogP contribution in [-0.2, 0) is 33.3 Å². The molecule has 2 aromatic rings. The Hall–Kier alpha value is -1.56. The van der Waals surface area contributed by atoms with Gasteiger partial charge in [0, 0.05) is 20.4 Å². The van der Waals surface area contributed by atoms with Crippen molar-refractivity contribution in [3.8, 4) is 0 Å². The van der Waals surface area contributed by atoms with Crippen LogP contribution in [0.5, 0.6) is 0 Å². The van der Waals surface area contributed by atoms with E-state index in [-0.39, 0.29) is 20.4 Å². The average Bonchev–Trinajstić information content (AvgIpc) is 3.32. The van der Waals surface area contributed by atoms with Crippen molar-refractivity contribution < 1.29 is 20.4 Å². The minimum absolute atomic E-state index is 0. The zero-order valence-electron chi connectivity index (χ0n) is 44.6. The zero-order chi connectivity index (χ0) is 46.4. The molecule has 0 aliphatic rings. The average molecular weight is 1000 g/mol. The minimum atomic E-state index is 0. The number of aliphatic imine (C=N–C) groups is 2. The molecule has 0 bridgehead atoms. The van der Waals surface area contributed by atoms with Gasteiger partial charge in [0.2, 0.25) is 0 Å². The van der Waals surface area contributed by atoms with Crippen LogP contribution in [0.4, 0.5) is 11.4 Å². The molecule has 0 saturated heterocycles. The number of benzene rings is 2. The van der Waals surface area contributed by atoms with Gasteiger partial charge in [-0.15, -0.1) is 0 Å².